The van der Waals surface area contributed by atoms with Gasteiger partial charge in [0.25, 0.3) is 0 Å². The summed E-state index contributed by atoms with van der Waals surface area (Å²) in [5.41, 5.74) is 0. The number of hydrogen-bond donors (Lipinski definition) is 3. The summed E-state index contributed by atoms with van der Waals surface area (Å²) in [5.74, 6) is -3.44. The van der Waals surface area contributed by atoms with Crippen molar-refractivity contribution in [2.45, 2.75) is 212 Å². The summed E-state index contributed by atoms with van der Waals surface area (Å²) in [7, 11) is 0. The Kier molecular flexibility index (Phi) is 44.6. The number of hydrogen-bond acceptors (Lipinski definition) is 11. The van der Waals surface area contributed by atoms with Gasteiger partial charge in [-0.2, -0.15) is 0 Å². The molecule has 12 heteroatoms. The highest BCUT2D eigenvalue weighted by Gasteiger charge is 2.50. The Morgan fingerprint density at radius 3 is 1.33 bits per heavy atom. The summed E-state index contributed by atoms with van der Waals surface area (Å²) in [5, 5.41) is 31.4. The monoisotopic (exact) mass is 1040 g/mol. The zero-order valence-electron chi connectivity index (χ0n) is 45.7. The fourth-order valence-corrected chi connectivity index (χ4v) is 7.29. The van der Waals surface area contributed by atoms with Crippen molar-refractivity contribution < 1.29 is 58.2 Å². The van der Waals surface area contributed by atoms with Gasteiger partial charge in [0.15, 0.2) is 24.6 Å². The SMILES string of the molecule is CC/C=C\C/C=C\C/C=C\C/C=C\C/C=C\CC(=O)OC1C(OCC(COC(=O)CCCCCCCCC/C=C\C/C=C\C/C=C\CC)OC(=O)CC/C=C\C/C=C\C/C=C\C/C=C\CC)OC(C(=O)O)C(O)C1O. The van der Waals surface area contributed by atoms with E-state index in [1.54, 1.807) is 12.2 Å². The van der Waals surface area contributed by atoms with Crippen molar-refractivity contribution in [1.29, 1.82) is 0 Å². The number of aliphatic hydroxyl groups excluding tert-OH is 2. The Balaban J connectivity index is 2.80. The molecule has 0 amide bonds. The van der Waals surface area contributed by atoms with Crippen molar-refractivity contribution in [1.82, 2.24) is 0 Å². The van der Waals surface area contributed by atoms with Crippen LogP contribution < -0.4 is 0 Å². The second kappa shape index (κ2) is 49.5. The Bertz CT molecular complexity index is 1860. The lowest BCUT2D eigenvalue weighted by Crippen LogP contribution is -2.61. The molecule has 0 aliphatic carbocycles. The normalized spacial score (nSPS) is 19.3. The zero-order valence-corrected chi connectivity index (χ0v) is 45.7. The van der Waals surface area contributed by atoms with Crippen molar-refractivity contribution in [3.63, 3.8) is 0 Å². The summed E-state index contributed by atoms with van der Waals surface area (Å²) in [4.78, 5) is 50.9. The number of carbonyl (C=O) groups excluding carboxylic acids is 3. The maximum atomic E-state index is 13.1. The number of carboxylic acid groups (broad SMARTS) is 1. The van der Waals surface area contributed by atoms with E-state index >= 15 is 0 Å². The molecule has 0 spiro atoms. The van der Waals surface area contributed by atoms with Crippen LogP contribution >= 0.6 is 0 Å². The first-order valence-electron chi connectivity index (χ1n) is 27.8. The minimum atomic E-state index is -1.95. The Morgan fingerprint density at radius 1 is 0.453 bits per heavy atom. The van der Waals surface area contributed by atoms with E-state index in [1.165, 1.54) is 0 Å². The largest absolute Gasteiger partial charge is 0.479 e. The van der Waals surface area contributed by atoms with Gasteiger partial charge in [0.2, 0.25) is 0 Å². The third kappa shape index (κ3) is 39.7. The molecule has 0 bridgehead atoms. The van der Waals surface area contributed by atoms with Crippen molar-refractivity contribution >= 4 is 23.9 Å². The molecule has 1 aliphatic heterocycles. The van der Waals surface area contributed by atoms with E-state index < -0.39 is 67.3 Å². The Hall–Kier alpha value is -5.40. The molecule has 1 aliphatic rings. The van der Waals surface area contributed by atoms with Crippen LogP contribution in [0.3, 0.4) is 0 Å². The molecule has 75 heavy (non-hydrogen) atoms. The predicted octanol–water partition coefficient (Wildman–Crippen LogP) is 14.0. The average Bonchev–Trinajstić information content (AvgIpc) is 3.39. The van der Waals surface area contributed by atoms with E-state index in [-0.39, 0.29) is 25.9 Å². The lowest BCUT2D eigenvalue weighted by Gasteiger charge is -2.40. The molecule has 12 nitrogen and oxygen atoms in total. The van der Waals surface area contributed by atoms with Gasteiger partial charge in [0.1, 0.15) is 18.8 Å². The van der Waals surface area contributed by atoms with Crippen LogP contribution in [-0.2, 0) is 42.9 Å². The fourth-order valence-electron chi connectivity index (χ4n) is 7.29. The number of aliphatic hydroxyl groups is 2. The summed E-state index contributed by atoms with van der Waals surface area (Å²) in [6.45, 7) is 5.50. The van der Waals surface area contributed by atoms with Crippen molar-refractivity contribution in [3.8, 4) is 0 Å². The molecule has 1 rings (SSSR count). The number of esters is 3. The summed E-state index contributed by atoms with van der Waals surface area (Å²) >= 11 is 0. The van der Waals surface area contributed by atoms with Gasteiger partial charge in [0.05, 0.1) is 13.0 Å². The highest BCUT2D eigenvalue weighted by molar-refractivity contribution is 5.74. The van der Waals surface area contributed by atoms with E-state index in [1.807, 2.05) is 30.4 Å². The van der Waals surface area contributed by atoms with Gasteiger partial charge in [-0.1, -0.05) is 199 Å². The molecule has 1 fully saturated rings. The highest BCUT2D eigenvalue weighted by Crippen LogP contribution is 2.26. The molecule has 0 saturated carbocycles. The van der Waals surface area contributed by atoms with Crippen LogP contribution in [0.5, 0.6) is 0 Å². The maximum absolute atomic E-state index is 13.1. The number of aliphatic carboxylic acids is 1. The first-order valence-corrected chi connectivity index (χ1v) is 27.8. The van der Waals surface area contributed by atoms with Gasteiger partial charge in [0, 0.05) is 12.8 Å². The number of ether oxygens (including phenoxy) is 5. The second-order valence-electron chi connectivity index (χ2n) is 18.1. The van der Waals surface area contributed by atoms with Crippen LogP contribution in [-0.4, -0.2) is 89.2 Å². The first-order chi connectivity index (χ1) is 36.6. The fraction of sp³-hybridized carbons (Fsp3) is 0.556. The minimum Gasteiger partial charge on any atom is -0.479 e. The summed E-state index contributed by atoms with van der Waals surface area (Å²) in [6, 6.07) is 0. The van der Waals surface area contributed by atoms with Crippen molar-refractivity contribution in [2.75, 3.05) is 13.2 Å². The van der Waals surface area contributed by atoms with Gasteiger partial charge < -0.3 is 39.0 Å². The van der Waals surface area contributed by atoms with Gasteiger partial charge in [-0.25, -0.2) is 4.79 Å². The number of carboxylic acids is 1. The van der Waals surface area contributed by atoms with Gasteiger partial charge in [-0.05, 0) is 103 Å². The highest BCUT2D eigenvalue weighted by atomic mass is 16.7. The zero-order chi connectivity index (χ0) is 54.7. The molecular formula is C63H94O12. The molecule has 0 radical (unpaired) electrons. The van der Waals surface area contributed by atoms with E-state index in [9.17, 15) is 34.5 Å². The molecule has 1 heterocycles. The quantitative estimate of drug-likeness (QED) is 0.0228. The Morgan fingerprint density at radius 2 is 0.867 bits per heavy atom. The summed E-state index contributed by atoms with van der Waals surface area (Å²) in [6.07, 6.45) is 58.7. The van der Waals surface area contributed by atoms with E-state index in [4.69, 9.17) is 23.7 Å². The van der Waals surface area contributed by atoms with Crippen LogP contribution in [0.15, 0.2) is 146 Å². The molecule has 1 saturated heterocycles. The molecular weight excluding hydrogens is 949 g/mol. The van der Waals surface area contributed by atoms with Crippen molar-refractivity contribution in [2.24, 2.45) is 0 Å². The second-order valence-corrected chi connectivity index (χ2v) is 18.1. The van der Waals surface area contributed by atoms with E-state index in [2.05, 4.69) is 124 Å². The van der Waals surface area contributed by atoms with Crippen LogP contribution in [0, 0.1) is 0 Å². The van der Waals surface area contributed by atoms with E-state index in [0.29, 0.717) is 25.7 Å². The van der Waals surface area contributed by atoms with Crippen LogP contribution in [0.1, 0.15) is 175 Å². The van der Waals surface area contributed by atoms with Crippen molar-refractivity contribution in [3.05, 3.63) is 146 Å². The predicted molar refractivity (Wildman–Crippen MR) is 302 cm³/mol. The molecule has 6 unspecified atom stereocenters. The third-order valence-electron chi connectivity index (χ3n) is 11.4. The smallest absolute Gasteiger partial charge is 0.335 e. The molecule has 418 valence electrons. The molecule has 6 atom stereocenters. The van der Waals surface area contributed by atoms with Crippen LogP contribution in [0.25, 0.3) is 0 Å². The van der Waals surface area contributed by atoms with Gasteiger partial charge in [-0.3, -0.25) is 14.4 Å². The first kappa shape index (κ1) is 67.6. The third-order valence-corrected chi connectivity index (χ3v) is 11.4. The topological polar surface area (TPSA) is 175 Å². The lowest BCUT2D eigenvalue weighted by molar-refractivity contribution is -0.301. The van der Waals surface area contributed by atoms with Gasteiger partial charge in [-0.15, -0.1) is 0 Å². The molecule has 3 N–H and O–H groups in total. The maximum Gasteiger partial charge on any atom is 0.335 e. The number of rotatable bonds is 44. The Labute approximate surface area is 451 Å². The molecule has 0 aromatic rings. The number of unbranched alkanes of at least 4 members (excludes halogenated alkanes) is 7. The number of allylic oxidation sites excluding steroid dienone is 23. The number of carbonyl (C=O) groups is 4. The summed E-state index contributed by atoms with van der Waals surface area (Å²) < 4.78 is 28.1. The van der Waals surface area contributed by atoms with Crippen LogP contribution in [0.2, 0.25) is 0 Å². The average molecular weight is 1040 g/mol. The molecule has 0 aromatic heterocycles. The standard InChI is InChI=1S/C63H94O12/c1-4-7-10-13-16-19-22-25-27-28-30-32-34-37-40-43-46-49-55(64)71-52-54(73-56(65)50-47-44-41-38-35-31-24-21-18-15-12-9-6-3)53-72-63-61(59(68)58(67)60(75-63)62(69)70)74-57(66)51-48-45-42-39-36-33-29-26-23-20-17-14-11-8-5-2/h7-12,16-21,25-27,29,31,35-36,39,41,44-45,48,54,58-61,63,67-68H,4-6,13-15,22-24,28,30,32-34,37-38,40,42-43,46-47,49-53H2,1-3H3,(H,69,70)/b10-7-,11-8-,12-9-,19-16-,20-17-,21-18-,27-25-,29-26-,35-31-,39-36-,44-41-,48-45-. The van der Waals surface area contributed by atoms with Gasteiger partial charge >= 0.3 is 23.9 Å². The lowest BCUT2D eigenvalue weighted by atomic mass is 9.98. The van der Waals surface area contributed by atoms with Crippen LogP contribution in [0.4, 0.5) is 0 Å². The molecule has 0 aromatic carbocycles. The van der Waals surface area contributed by atoms with E-state index in [0.717, 1.165) is 109 Å². The minimum absolute atomic E-state index is 0.0202.